The maximum Gasteiger partial charge on any atom is 0.252 e. The van der Waals surface area contributed by atoms with Crippen molar-refractivity contribution in [2.75, 3.05) is 27.4 Å². The number of azide groups is 1. The maximum absolute atomic E-state index is 14.6. The van der Waals surface area contributed by atoms with E-state index < -0.39 is 17.6 Å². The van der Waals surface area contributed by atoms with Gasteiger partial charge in [0.15, 0.2) is 11.6 Å². The summed E-state index contributed by atoms with van der Waals surface area (Å²) in [7, 11) is 3.13. The van der Waals surface area contributed by atoms with Crippen LogP contribution in [-0.2, 0) is 22.5 Å². The number of methoxy groups -OCH3 is 2. The molecular formula is C35H34BrN5O6. The van der Waals surface area contributed by atoms with Crippen molar-refractivity contribution in [2.24, 2.45) is 10.1 Å². The van der Waals surface area contributed by atoms with Gasteiger partial charge in [0.1, 0.15) is 17.2 Å². The predicted octanol–water partition coefficient (Wildman–Crippen LogP) is 6.99. The fourth-order valence-electron chi connectivity index (χ4n) is 5.35. The molecule has 0 saturated carbocycles. The number of aliphatic hydroxyl groups excluding tert-OH is 1. The molecule has 0 aromatic heterocycles. The zero-order valence-electron chi connectivity index (χ0n) is 25.9. The Morgan fingerprint density at radius 3 is 2.49 bits per heavy atom. The van der Waals surface area contributed by atoms with Gasteiger partial charge in [-0.1, -0.05) is 57.4 Å². The average Bonchev–Trinajstić information content (AvgIpc) is 3.49. The molecule has 0 radical (unpaired) electrons. The molecule has 0 fully saturated rings. The zero-order valence-corrected chi connectivity index (χ0v) is 27.5. The van der Waals surface area contributed by atoms with Crippen LogP contribution in [-0.4, -0.2) is 49.9 Å². The molecule has 2 N–H and O–H groups in total. The molecule has 2 atom stereocenters. The average molecular weight is 701 g/mol. The fraction of sp³-hybridized carbons (Fsp3) is 0.257. The van der Waals surface area contributed by atoms with Gasteiger partial charge in [-0.25, -0.2) is 4.99 Å². The molecule has 1 aliphatic rings. The molecule has 4 aromatic carbocycles. The van der Waals surface area contributed by atoms with Crippen LogP contribution < -0.4 is 19.5 Å². The van der Waals surface area contributed by atoms with E-state index in [4.69, 9.17) is 29.0 Å². The van der Waals surface area contributed by atoms with Crippen LogP contribution >= 0.6 is 15.9 Å². The molecule has 0 aliphatic carbocycles. The number of hydrogen-bond donors (Lipinski definition) is 2. The van der Waals surface area contributed by atoms with Gasteiger partial charge in [-0.3, -0.25) is 4.79 Å². The highest BCUT2D eigenvalue weighted by atomic mass is 79.9. The minimum atomic E-state index is -1.51. The van der Waals surface area contributed by atoms with Crippen molar-refractivity contribution in [1.82, 2.24) is 5.32 Å². The molecule has 11 nitrogen and oxygen atoms in total. The molecule has 1 aliphatic heterocycles. The number of carbonyl (C=O) groups excluding carboxylic acids is 1. The fourth-order valence-corrected chi connectivity index (χ4v) is 5.61. The van der Waals surface area contributed by atoms with Gasteiger partial charge in [0, 0.05) is 63.8 Å². The van der Waals surface area contributed by atoms with Crippen molar-refractivity contribution in [3.8, 4) is 17.2 Å². The summed E-state index contributed by atoms with van der Waals surface area (Å²) in [5.74, 6) is 1.67. The van der Waals surface area contributed by atoms with Gasteiger partial charge in [0.2, 0.25) is 5.90 Å². The molecule has 12 heteroatoms. The minimum absolute atomic E-state index is 0.0369. The Kier molecular flexibility index (Phi) is 11.0. The highest BCUT2D eigenvalue weighted by Gasteiger charge is 2.53. The number of aliphatic hydroxyl groups is 1. The van der Waals surface area contributed by atoms with Gasteiger partial charge in [0.05, 0.1) is 20.8 Å². The molecule has 0 unspecified atom stereocenters. The number of amides is 1. The number of aliphatic imine (C=N–C) groups is 1. The van der Waals surface area contributed by atoms with E-state index in [0.717, 1.165) is 15.6 Å². The van der Waals surface area contributed by atoms with E-state index in [1.165, 1.54) is 0 Å². The lowest BCUT2D eigenvalue weighted by molar-refractivity contribution is -0.129. The molecule has 0 saturated heterocycles. The van der Waals surface area contributed by atoms with Gasteiger partial charge in [-0.05, 0) is 59.6 Å². The van der Waals surface area contributed by atoms with Crippen molar-refractivity contribution < 1.29 is 28.8 Å². The van der Waals surface area contributed by atoms with Crippen LogP contribution in [0, 0.1) is 0 Å². The van der Waals surface area contributed by atoms with Crippen LogP contribution in [0.25, 0.3) is 10.4 Å². The monoisotopic (exact) mass is 699 g/mol. The Balaban J connectivity index is 1.60. The Labute approximate surface area is 280 Å². The van der Waals surface area contributed by atoms with Crippen LogP contribution in [0.5, 0.6) is 17.2 Å². The number of nitrogens with zero attached hydrogens (tertiary/aromatic N) is 4. The lowest BCUT2D eigenvalue weighted by Gasteiger charge is -2.31. The van der Waals surface area contributed by atoms with Crippen molar-refractivity contribution in [1.29, 1.82) is 0 Å². The first kappa shape index (κ1) is 33.3. The van der Waals surface area contributed by atoms with Crippen molar-refractivity contribution in [3.05, 3.63) is 128 Å². The van der Waals surface area contributed by atoms with Gasteiger partial charge in [0.25, 0.3) is 5.91 Å². The highest BCUT2D eigenvalue weighted by molar-refractivity contribution is 9.10. The third-order valence-corrected chi connectivity index (χ3v) is 8.25. The second-order valence-corrected chi connectivity index (χ2v) is 11.6. The van der Waals surface area contributed by atoms with E-state index in [1.54, 1.807) is 74.9 Å². The van der Waals surface area contributed by atoms with Gasteiger partial charge in [-0.15, -0.1) is 0 Å². The number of nitrogens with one attached hydrogen (secondary N) is 1. The first-order valence-electron chi connectivity index (χ1n) is 14.9. The van der Waals surface area contributed by atoms with Crippen LogP contribution in [0.3, 0.4) is 0 Å². The lowest BCUT2D eigenvalue weighted by atomic mass is 9.81. The van der Waals surface area contributed by atoms with Gasteiger partial charge in [-0.2, -0.15) is 0 Å². The summed E-state index contributed by atoms with van der Waals surface area (Å²) in [5, 5.41) is 16.1. The Bertz CT molecular complexity index is 1780. The van der Waals surface area contributed by atoms with Crippen LogP contribution in [0.15, 0.2) is 106 Å². The van der Waals surface area contributed by atoms with Crippen LogP contribution in [0.1, 0.15) is 34.8 Å². The molecule has 242 valence electrons. The van der Waals surface area contributed by atoms with E-state index in [0.29, 0.717) is 47.1 Å². The predicted molar refractivity (Wildman–Crippen MR) is 181 cm³/mol. The Morgan fingerprint density at radius 2 is 1.79 bits per heavy atom. The number of hydrogen-bond acceptors (Lipinski definition) is 8. The molecule has 4 aromatic rings. The van der Waals surface area contributed by atoms with Crippen molar-refractivity contribution in [2.45, 2.75) is 31.0 Å². The Hall–Kier alpha value is -5.03. The highest BCUT2D eigenvalue weighted by Crippen LogP contribution is 2.45. The third-order valence-electron chi connectivity index (χ3n) is 7.72. The van der Waals surface area contributed by atoms with Crippen molar-refractivity contribution in [3.63, 3.8) is 0 Å². The number of ether oxygens (including phenoxy) is 4. The van der Waals surface area contributed by atoms with E-state index >= 15 is 0 Å². The summed E-state index contributed by atoms with van der Waals surface area (Å²) >= 11 is 3.49. The second-order valence-electron chi connectivity index (χ2n) is 10.7. The number of benzene rings is 4. The molecule has 0 bridgehead atoms. The molecule has 1 heterocycles. The zero-order chi connectivity index (χ0) is 33.2. The molecule has 47 heavy (non-hydrogen) atoms. The maximum atomic E-state index is 14.6. The largest absolute Gasteiger partial charge is 0.497 e. The summed E-state index contributed by atoms with van der Waals surface area (Å²) in [5.41, 5.74) is 10.9. The van der Waals surface area contributed by atoms with Crippen molar-refractivity contribution >= 4 is 33.4 Å². The standard InChI is InChI=1S/C35H34BrN5O6/c1-44-28-17-12-25(31(20-28)45-2)22-38-34(43)35(21-23-8-13-26(36)14-9-23)32(29-6-3-4-7-30(29)40-41-37)47-33(39-35)24-10-15-27(16-11-24)46-19-5-18-42/h3-4,6-17,20,32,42H,5,18-19,21-22H2,1-2H3,(H,38,43)/t32-,35-/m1/s1. The molecule has 5 rings (SSSR count). The third kappa shape index (κ3) is 7.69. The first-order chi connectivity index (χ1) is 22.9. The van der Waals surface area contributed by atoms with Crippen LogP contribution in [0.4, 0.5) is 5.69 Å². The van der Waals surface area contributed by atoms with E-state index in [-0.39, 0.29) is 25.5 Å². The minimum Gasteiger partial charge on any atom is -0.497 e. The number of rotatable bonds is 14. The summed E-state index contributed by atoms with van der Waals surface area (Å²) in [6.07, 6.45) is -0.270. The smallest absolute Gasteiger partial charge is 0.252 e. The van der Waals surface area contributed by atoms with Gasteiger partial charge >= 0.3 is 0 Å². The summed E-state index contributed by atoms with van der Waals surface area (Å²) in [4.78, 5) is 22.7. The SMILES string of the molecule is COc1ccc(CNC(=O)[C@]2(Cc3ccc(Br)cc3)N=C(c3ccc(OCCCO)cc3)O[C@@H]2c2ccccc2N=[N+]=[N-])c(OC)c1. The van der Waals surface area contributed by atoms with Crippen LogP contribution in [0.2, 0.25) is 0 Å². The summed E-state index contributed by atoms with van der Waals surface area (Å²) < 4.78 is 24.1. The first-order valence-corrected chi connectivity index (χ1v) is 15.7. The van der Waals surface area contributed by atoms with Gasteiger partial charge < -0.3 is 29.4 Å². The lowest BCUT2D eigenvalue weighted by Crippen LogP contribution is -2.49. The quantitative estimate of drug-likeness (QED) is 0.0628. The Morgan fingerprint density at radius 1 is 1.04 bits per heavy atom. The number of carbonyl (C=O) groups is 1. The summed E-state index contributed by atoms with van der Waals surface area (Å²) in [6.45, 7) is 0.555. The number of halogens is 1. The molecular weight excluding hydrogens is 666 g/mol. The topological polar surface area (TPSA) is 147 Å². The van der Waals surface area contributed by atoms with E-state index in [2.05, 4.69) is 31.3 Å². The van der Waals surface area contributed by atoms with E-state index in [1.807, 2.05) is 30.3 Å². The molecule has 0 spiro atoms. The summed E-state index contributed by atoms with van der Waals surface area (Å²) in [6, 6.07) is 27.2. The van der Waals surface area contributed by atoms with E-state index in [9.17, 15) is 10.3 Å². The normalized spacial score (nSPS) is 16.8. The molecule has 1 amide bonds. The second kappa shape index (κ2) is 15.5.